The van der Waals surface area contributed by atoms with E-state index in [0.29, 0.717) is 31.2 Å². The highest BCUT2D eigenvalue weighted by molar-refractivity contribution is 5.94. The number of carbonyl (C=O) groups is 2. The number of carbonyl (C=O) groups excluding carboxylic acids is 1. The summed E-state index contributed by atoms with van der Waals surface area (Å²) in [5.74, 6) is -1.59. The number of nitrogens with one attached hydrogen (secondary N) is 1. The summed E-state index contributed by atoms with van der Waals surface area (Å²) >= 11 is 0. The second kappa shape index (κ2) is 7.10. The van der Waals surface area contributed by atoms with Gasteiger partial charge in [0.2, 0.25) is 0 Å². The van der Waals surface area contributed by atoms with Gasteiger partial charge in [-0.15, -0.1) is 0 Å². The molecule has 2 fully saturated rings. The number of hydrogen-bond acceptors (Lipinski definition) is 5. The predicted octanol–water partition coefficient (Wildman–Crippen LogP) is 0.0473. The van der Waals surface area contributed by atoms with E-state index in [1.807, 2.05) is 0 Å². The molecule has 2 aliphatic heterocycles. The summed E-state index contributed by atoms with van der Waals surface area (Å²) in [6, 6.07) is 0.342. The van der Waals surface area contributed by atoms with Crippen molar-refractivity contribution in [1.29, 1.82) is 0 Å². The average molecular weight is 322 g/mol. The normalized spacial score (nSPS) is 24.3. The van der Waals surface area contributed by atoms with Crippen LogP contribution in [0, 0.1) is 5.92 Å². The molecule has 0 bridgehead atoms. The molecule has 23 heavy (non-hydrogen) atoms. The van der Waals surface area contributed by atoms with Gasteiger partial charge in [0.05, 0.1) is 17.7 Å². The van der Waals surface area contributed by atoms with Gasteiger partial charge in [0.25, 0.3) is 5.91 Å². The van der Waals surface area contributed by atoms with Crippen LogP contribution in [0.15, 0.2) is 12.4 Å². The molecule has 2 aliphatic rings. The summed E-state index contributed by atoms with van der Waals surface area (Å²) in [5, 5.41) is 15.9. The van der Waals surface area contributed by atoms with Crippen molar-refractivity contribution in [2.45, 2.75) is 18.9 Å². The van der Waals surface area contributed by atoms with Crippen molar-refractivity contribution >= 4 is 11.9 Å². The number of aliphatic carboxylic acids is 1. The van der Waals surface area contributed by atoms with Crippen LogP contribution in [0.5, 0.6) is 0 Å². The van der Waals surface area contributed by atoms with Gasteiger partial charge in [0, 0.05) is 51.6 Å². The van der Waals surface area contributed by atoms with E-state index < -0.39 is 11.9 Å². The molecule has 2 N–H and O–H groups in total. The number of rotatable bonds is 3. The highest BCUT2D eigenvalue weighted by atomic mass is 16.5. The van der Waals surface area contributed by atoms with Gasteiger partial charge in [-0.3, -0.25) is 19.6 Å². The molecule has 126 valence electrons. The van der Waals surface area contributed by atoms with E-state index in [1.165, 1.54) is 6.20 Å². The molecule has 0 aromatic carbocycles. The second-order valence-corrected chi connectivity index (χ2v) is 6.11. The fourth-order valence-corrected chi connectivity index (χ4v) is 3.31. The van der Waals surface area contributed by atoms with Crippen LogP contribution in [0.3, 0.4) is 0 Å². The van der Waals surface area contributed by atoms with E-state index >= 15 is 0 Å². The van der Waals surface area contributed by atoms with Crippen LogP contribution in [-0.4, -0.2) is 82.4 Å². The van der Waals surface area contributed by atoms with Crippen molar-refractivity contribution in [1.82, 2.24) is 20.0 Å². The number of nitrogens with zero attached hydrogens (tertiary/aromatic N) is 3. The maximum atomic E-state index is 12.5. The summed E-state index contributed by atoms with van der Waals surface area (Å²) in [4.78, 5) is 27.9. The number of ether oxygens (including phenoxy) is 1. The van der Waals surface area contributed by atoms with Crippen LogP contribution in [0.4, 0.5) is 0 Å². The first-order chi connectivity index (χ1) is 11.1. The lowest BCUT2D eigenvalue weighted by molar-refractivity contribution is -0.142. The first-order valence-electron chi connectivity index (χ1n) is 7.98. The minimum atomic E-state index is -0.853. The van der Waals surface area contributed by atoms with Gasteiger partial charge < -0.3 is 14.7 Å². The molecule has 3 rings (SSSR count). The molecule has 0 saturated carbocycles. The number of H-pyrrole nitrogens is 1. The Morgan fingerprint density at radius 1 is 1.26 bits per heavy atom. The molecule has 8 nitrogen and oxygen atoms in total. The van der Waals surface area contributed by atoms with E-state index in [1.54, 1.807) is 11.1 Å². The molecule has 0 unspecified atom stereocenters. The molecular weight excluding hydrogens is 300 g/mol. The molecular formula is C15H22N4O4. The fraction of sp³-hybridized carbons (Fsp3) is 0.667. The van der Waals surface area contributed by atoms with Gasteiger partial charge in [-0.1, -0.05) is 0 Å². The Kier molecular flexibility index (Phi) is 4.92. The predicted molar refractivity (Wildman–Crippen MR) is 81.0 cm³/mol. The lowest BCUT2D eigenvalue weighted by Crippen LogP contribution is -2.43. The minimum Gasteiger partial charge on any atom is -0.481 e. The molecule has 0 aliphatic carbocycles. The molecule has 1 aromatic rings. The van der Waals surface area contributed by atoms with Gasteiger partial charge in [-0.05, 0) is 12.8 Å². The van der Waals surface area contributed by atoms with E-state index in [-0.39, 0.29) is 12.5 Å². The Morgan fingerprint density at radius 2 is 2.04 bits per heavy atom. The third-order valence-electron chi connectivity index (χ3n) is 4.64. The minimum absolute atomic E-state index is 0.168. The van der Waals surface area contributed by atoms with Crippen LogP contribution < -0.4 is 0 Å². The van der Waals surface area contributed by atoms with Gasteiger partial charge in [0.1, 0.15) is 0 Å². The van der Waals surface area contributed by atoms with Crippen LogP contribution in [-0.2, 0) is 9.53 Å². The SMILES string of the molecule is O=C(O)[C@@H]1CN(C(=O)c2cn[nH]c2)CCN(C2CCOCC2)C1. The third-order valence-corrected chi connectivity index (χ3v) is 4.64. The first kappa shape index (κ1) is 15.9. The van der Waals surface area contributed by atoms with Crippen molar-refractivity contribution < 1.29 is 19.4 Å². The van der Waals surface area contributed by atoms with Gasteiger partial charge in [0.15, 0.2) is 0 Å². The zero-order valence-electron chi connectivity index (χ0n) is 13.0. The molecule has 3 heterocycles. The molecule has 1 atom stereocenters. The monoisotopic (exact) mass is 322 g/mol. The summed E-state index contributed by atoms with van der Waals surface area (Å²) < 4.78 is 5.39. The number of aromatic amines is 1. The van der Waals surface area contributed by atoms with Crippen molar-refractivity contribution in [3.8, 4) is 0 Å². The number of carboxylic acid groups (broad SMARTS) is 1. The Labute approximate surface area is 134 Å². The first-order valence-corrected chi connectivity index (χ1v) is 7.98. The summed E-state index contributed by atoms with van der Waals surface area (Å²) in [6.07, 6.45) is 4.85. The standard InChI is InChI=1S/C15H22N4O4/c20-14(11-7-16-17-8-11)19-4-3-18(9-12(10-19)15(21)22)13-1-5-23-6-2-13/h7-8,12-13H,1-6,9-10H2,(H,16,17)(H,21,22)/t12-/m0/s1. The number of aromatic nitrogens is 2. The molecule has 1 aromatic heterocycles. The molecule has 0 radical (unpaired) electrons. The van der Waals surface area contributed by atoms with Gasteiger partial charge in [-0.25, -0.2) is 0 Å². The van der Waals surface area contributed by atoms with Crippen LogP contribution in [0.1, 0.15) is 23.2 Å². The molecule has 0 spiro atoms. The smallest absolute Gasteiger partial charge is 0.309 e. The maximum Gasteiger partial charge on any atom is 0.309 e. The lowest BCUT2D eigenvalue weighted by Gasteiger charge is -2.34. The highest BCUT2D eigenvalue weighted by Crippen LogP contribution is 2.20. The van der Waals surface area contributed by atoms with Crippen molar-refractivity contribution in [2.24, 2.45) is 5.92 Å². The molecule has 2 saturated heterocycles. The topological polar surface area (TPSA) is 98.8 Å². The average Bonchev–Trinajstić information content (AvgIpc) is 3.00. The van der Waals surface area contributed by atoms with Gasteiger partial charge in [-0.2, -0.15) is 5.10 Å². The van der Waals surface area contributed by atoms with Crippen molar-refractivity contribution in [3.63, 3.8) is 0 Å². The summed E-state index contributed by atoms with van der Waals surface area (Å²) in [7, 11) is 0. The van der Waals surface area contributed by atoms with E-state index in [0.717, 1.165) is 26.1 Å². The van der Waals surface area contributed by atoms with E-state index in [4.69, 9.17) is 4.74 Å². The number of amides is 1. The molecule has 1 amide bonds. The fourth-order valence-electron chi connectivity index (χ4n) is 3.31. The number of carboxylic acids is 1. The van der Waals surface area contributed by atoms with Crippen LogP contribution in [0.2, 0.25) is 0 Å². The summed E-state index contributed by atoms with van der Waals surface area (Å²) in [5.41, 5.74) is 0.466. The van der Waals surface area contributed by atoms with Crippen molar-refractivity contribution in [2.75, 3.05) is 39.4 Å². The van der Waals surface area contributed by atoms with Crippen molar-refractivity contribution in [3.05, 3.63) is 18.0 Å². The van der Waals surface area contributed by atoms with E-state index in [2.05, 4.69) is 15.1 Å². The zero-order valence-corrected chi connectivity index (χ0v) is 13.0. The Morgan fingerprint density at radius 3 is 2.70 bits per heavy atom. The Balaban J connectivity index is 1.72. The van der Waals surface area contributed by atoms with Crippen LogP contribution >= 0.6 is 0 Å². The maximum absolute atomic E-state index is 12.5. The molecule has 8 heteroatoms. The lowest BCUT2D eigenvalue weighted by atomic mass is 10.0. The summed E-state index contributed by atoms with van der Waals surface area (Å²) in [6.45, 7) is 3.38. The zero-order chi connectivity index (χ0) is 16.2. The van der Waals surface area contributed by atoms with Gasteiger partial charge >= 0.3 is 5.97 Å². The second-order valence-electron chi connectivity index (χ2n) is 6.11. The van der Waals surface area contributed by atoms with Crippen LogP contribution in [0.25, 0.3) is 0 Å². The third kappa shape index (κ3) is 3.70. The van der Waals surface area contributed by atoms with E-state index in [9.17, 15) is 14.7 Å². The Bertz CT molecular complexity index is 542. The highest BCUT2D eigenvalue weighted by Gasteiger charge is 2.33. The quantitative estimate of drug-likeness (QED) is 0.816. The Hall–Kier alpha value is -1.93. The largest absolute Gasteiger partial charge is 0.481 e. The number of hydrogen-bond donors (Lipinski definition) is 2.